The van der Waals surface area contributed by atoms with E-state index in [1.54, 1.807) is 70.2 Å². The highest BCUT2D eigenvalue weighted by Crippen LogP contribution is 2.21. The Kier molecular flexibility index (Phi) is 24.0. The first-order valence-electron chi connectivity index (χ1n) is 25.7. The molecule has 3 aromatic rings. The molecule has 0 radical (unpaired) electrons. The van der Waals surface area contributed by atoms with Crippen molar-refractivity contribution in [2.75, 3.05) is 13.1 Å². The molecule has 7 amide bonds. The highest BCUT2D eigenvalue weighted by Gasteiger charge is 2.41. The molecule has 2 heterocycles. The fourth-order valence-corrected chi connectivity index (χ4v) is 8.59. The van der Waals surface area contributed by atoms with Crippen LogP contribution in [0.5, 0.6) is 5.75 Å². The molecule has 23 nitrogen and oxygen atoms in total. The second-order valence-electron chi connectivity index (χ2n) is 19.4. The van der Waals surface area contributed by atoms with Crippen molar-refractivity contribution in [3.05, 3.63) is 83.9 Å². The molecule has 1 fully saturated rings. The largest absolute Gasteiger partial charge is 0.508 e. The summed E-state index contributed by atoms with van der Waals surface area (Å²) in [7, 11) is 0. The normalized spacial score (nSPS) is 16.4. The van der Waals surface area contributed by atoms with Crippen LogP contribution in [0, 0.1) is 11.8 Å². The van der Waals surface area contributed by atoms with Gasteiger partial charge >= 0.3 is 5.97 Å². The molecule has 1 aromatic heterocycles. The topological polar surface area (TPSA) is 372 Å². The lowest BCUT2D eigenvalue weighted by atomic mass is 9.96. The summed E-state index contributed by atoms with van der Waals surface area (Å²) in [5.74, 6) is -7.31. The standard InChI is InChI=1S/C52H77N13O10/c1-6-8-16-36(53)44(67)59-37(17-12-23-57-52(54)55)45(68)63-42(30(3)4)48(71)60-38(25-33-19-21-35(66)22-20-33)46(69)64-43(31(5)7-2)49(72)61-39(27-34-28-56-29-58-34)50(73)65-24-13-18-41(65)47(70)62-40(51(74)75)26-32-14-10-9-11-15-32/h9-11,14-15,19-22,28-31,36-43,66H,6-8,12-13,16-18,23-27,53H2,1-5H3,(H,56,58)(H,59,67)(H,60,71)(H,61,72)(H,62,70)(H,63,68)(H,64,69)(H,74,75)(H4,54,55,57)/t31-,36-,37-,38-,39-,40-,41-,42-,43-/m0/s1. The Balaban J connectivity index is 1.59. The van der Waals surface area contributed by atoms with Gasteiger partial charge in [-0.05, 0) is 67.2 Å². The van der Waals surface area contributed by atoms with Crippen molar-refractivity contribution in [2.45, 2.75) is 154 Å². The molecule has 2 aromatic carbocycles. The van der Waals surface area contributed by atoms with E-state index in [9.17, 15) is 48.6 Å². The van der Waals surface area contributed by atoms with Gasteiger partial charge in [0.1, 0.15) is 48.0 Å². The average molecular weight is 1040 g/mol. The van der Waals surface area contributed by atoms with Gasteiger partial charge in [0, 0.05) is 44.2 Å². The quantitative estimate of drug-likeness (QED) is 0.0244. The molecule has 0 unspecified atom stereocenters. The first kappa shape index (κ1) is 60.0. The highest BCUT2D eigenvalue weighted by atomic mass is 16.4. The van der Waals surface area contributed by atoms with E-state index in [4.69, 9.17) is 17.2 Å². The number of benzene rings is 2. The lowest BCUT2D eigenvalue weighted by molar-refractivity contribution is -0.145. The maximum Gasteiger partial charge on any atom is 0.326 e. The number of carboxylic acid groups (broad SMARTS) is 1. The van der Waals surface area contributed by atoms with Gasteiger partial charge in [-0.3, -0.25) is 38.6 Å². The smallest absolute Gasteiger partial charge is 0.326 e. The van der Waals surface area contributed by atoms with Crippen molar-refractivity contribution in [1.29, 1.82) is 0 Å². The van der Waals surface area contributed by atoms with E-state index in [1.807, 2.05) is 6.92 Å². The van der Waals surface area contributed by atoms with Crippen molar-refractivity contribution < 1.29 is 48.6 Å². The SMILES string of the molecule is CCCC[C@H](N)C(=O)N[C@@H](CCCN=C(N)N)C(=O)N[C@H](C(=O)N[C@@H](Cc1ccc(O)cc1)C(=O)N[C@H](C(=O)N[C@@H](Cc1cnc[nH]1)C(=O)N1CCC[C@H]1C(=O)N[C@@H](Cc1ccccc1)C(=O)O)[C@@H](C)CC)C(C)C. The van der Waals surface area contributed by atoms with Crippen LogP contribution in [0.25, 0.3) is 0 Å². The molecule has 23 heteroatoms. The van der Waals surface area contributed by atoms with Gasteiger partial charge in [0.2, 0.25) is 41.4 Å². The van der Waals surface area contributed by atoms with Crippen molar-refractivity contribution in [3.8, 4) is 5.75 Å². The van der Waals surface area contributed by atoms with E-state index < -0.39 is 107 Å². The molecular weight excluding hydrogens is 967 g/mol. The Morgan fingerprint density at radius 2 is 1.35 bits per heavy atom. The number of aliphatic carboxylic acids is 1. The van der Waals surface area contributed by atoms with Gasteiger partial charge in [-0.2, -0.15) is 0 Å². The van der Waals surface area contributed by atoms with Crippen LogP contribution in [0.4, 0.5) is 0 Å². The summed E-state index contributed by atoms with van der Waals surface area (Å²) < 4.78 is 0. The number of phenolic OH excluding ortho intramolecular Hbond substituents is 1. The lowest BCUT2D eigenvalue weighted by Crippen LogP contribution is -2.62. The molecule has 15 N–H and O–H groups in total. The van der Waals surface area contributed by atoms with Gasteiger partial charge in [0.05, 0.1) is 12.4 Å². The number of nitrogens with two attached hydrogens (primary N) is 3. The molecule has 0 spiro atoms. The van der Waals surface area contributed by atoms with E-state index in [1.165, 1.54) is 29.6 Å². The molecule has 9 atom stereocenters. The molecule has 75 heavy (non-hydrogen) atoms. The van der Waals surface area contributed by atoms with Gasteiger partial charge in [-0.15, -0.1) is 0 Å². The number of imidazole rings is 1. The first-order chi connectivity index (χ1) is 35.7. The average Bonchev–Trinajstić information content (AvgIpc) is 4.10. The fourth-order valence-electron chi connectivity index (χ4n) is 8.59. The number of carboxylic acids is 1. The molecule has 1 aliphatic heterocycles. The van der Waals surface area contributed by atoms with Gasteiger partial charge < -0.3 is 69.2 Å². The Bertz CT molecular complexity index is 2380. The molecular formula is C52H77N13O10. The maximum atomic E-state index is 14.6. The van der Waals surface area contributed by atoms with Crippen molar-refractivity contribution in [3.63, 3.8) is 0 Å². The zero-order valence-electron chi connectivity index (χ0n) is 43.6. The summed E-state index contributed by atoms with van der Waals surface area (Å²) in [5, 5.41) is 36.5. The third-order valence-corrected chi connectivity index (χ3v) is 13.2. The number of guanidine groups is 1. The van der Waals surface area contributed by atoms with Gasteiger partial charge in [-0.1, -0.05) is 96.3 Å². The maximum absolute atomic E-state index is 14.6. The molecule has 1 aliphatic rings. The summed E-state index contributed by atoms with van der Waals surface area (Å²) in [6.45, 7) is 9.17. The molecule has 1 saturated heterocycles. The number of rotatable bonds is 30. The third-order valence-electron chi connectivity index (χ3n) is 13.2. The summed E-state index contributed by atoms with van der Waals surface area (Å²) in [4.78, 5) is 124. The predicted molar refractivity (Wildman–Crippen MR) is 280 cm³/mol. The second-order valence-corrected chi connectivity index (χ2v) is 19.4. The number of aliphatic imine (C=N–C) groups is 1. The minimum Gasteiger partial charge on any atom is -0.508 e. The summed E-state index contributed by atoms with van der Waals surface area (Å²) in [6.07, 6.45) is 6.00. The molecule has 0 saturated carbocycles. The predicted octanol–water partition coefficient (Wildman–Crippen LogP) is 0.401. The molecule has 0 bridgehead atoms. The van der Waals surface area contributed by atoms with Crippen molar-refractivity contribution >= 4 is 53.3 Å². The molecule has 0 aliphatic carbocycles. The van der Waals surface area contributed by atoms with E-state index in [-0.39, 0.29) is 63.3 Å². The van der Waals surface area contributed by atoms with Gasteiger partial charge in [0.25, 0.3) is 0 Å². The Morgan fingerprint density at radius 1 is 0.733 bits per heavy atom. The minimum atomic E-state index is -1.37. The number of likely N-dealkylation sites (tertiary alicyclic amines) is 1. The van der Waals surface area contributed by atoms with Crippen LogP contribution in [-0.4, -0.2) is 140 Å². The number of nitrogens with one attached hydrogen (secondary N) is 7. The van der Waals surface area contributed by atoms with Crippen molar-refractivity contribution in [1.82, 2.24) is 46.8 Å². The Hall–Kier alpha value is -7.56. The van der Waals surface area contributed by atoms with Crippen LogP contribution >= 0.6 is 0 Å². The zero-order valence-corrected chi connectivity index (χ0v) is 43.6. The first-order valence-corrected chi connectivity index (χ1v) is 25.7. The number of aromatic amines is 1. The summed E-state index contributed by atoms with van der Waals surface area (Å²) in [6, 6.07) is 5.24. The fraction of sp³-hybridized carbons (Fsp3) is 0.538. The van der Waals surface area contributed by atoms with Gasteiger partial charge in [0.15, 0.2) is 5.96 Å². The molecule has 4 rings (SSSR count). The van der Waals surface area contributed by atoms with Crippen LogP contribution in [0.1, 0.15) is 103 Å². The number of phenols is 1. The van der Waals surface area contributed by atoms with E-state index in [0.29, 0.717) is 42.5 Å². The number of aromatic nitrogens is 2. The van der Waals surface area contributed by atoms with E-state index >= 15 is 0 Å². The summed E-state index contributed by atoms with van der Waals surface area (Å²) >= 11 is 0. The van der Waals surface area contributed by atoms with Gasteiger partial charge in [-0.25, -0.2) is 9.78 Å². The monoisotopic (exact) mass is 1040 g/mol. The third kappa shape index (κ3) is 19.0. The number of unbranched alkanes of at least 4 members (excludes halogenated alkanes) is 1. The number of aromatic hydroxyl groups is 1. The number of nitrogens with zero attached hydrogens (tertiary/aromatic N) is 3. The highest BCUT2D eigenvalue weighted by molar-refractivity contribution is 5.98. The van der Waals surface area contributed by atoms with Crippen LogP contribution in [-0.2, 0) is 57.6 Å². The second kappa shape index (κ2) is 30.0. The summed E-state index contributed by atoms with van der Waals surface area (Å²) in [5.41, 5.74) is 18.8. The Labute approximate surface area is 437 Å². The number of carbonyl (C=O) groups excluding carboxylic acids is 7. The van der Waals surface area contributed by atoms with Crippen LogP contribution < -0.4 is 49.1 Å². The van der Waals surface area contributed by atoms with Crippen molar-refractivity contribution in [2.24, 2.45) is 34.0 Å². The lowest BCUT2D eigenvalue weighted by Gasteiger charge is -2.32. The zero-order chi connectivity index (χ0) is 55.2. The van der Waals surface area contributed by atoms with Crippen LogP contribution in [0.2, 0.25) is 0 Å². The minimum absolute atomic E-state index is 0.0123. The number of carbonyl (C=O) groups is 8. The number of amides is 7. The molecule has 410 valence electrons. The Morgan fingerprint density at radius 3 is 1.96 bits per heavy atom. The number of hydrogen-bond acceptors (Lipinski definition) is 12. The van der Waals surface area contributed by atoms with Crippen LogP contribution in [0.3, 0.4) is 0 Å². The van der Waals surface area contributed by atoms with E-state index in [2.05, 4.69) is 46.9 Å². The number of hydrogen-bond donors (Lipinski definition) is 12. The number of H-pyrrole nitrogens is 1. The van der Waals surface area contributed by atoms with Crippen LogP contribution in [0.15, 0.2) is 72.1 Å². The van der Waals surface area contributed by atoms with E-state index in [0.717, 1.165) is 6.42 Å².